The number of nitrogens with one attached hydrogen (secondary N) is 1. The van der Waals surface area contributed by atoms with E-state index in [9.17, 15) is 4.79 Å². The molecule has 4 rings (SSSR count). The van der Waals surface area contributed by atoms with Crippen molar-refractivity contribution in [3.63, 3.8) is 0 Å². The Bertz CT molecular complexity index is 1190. The van der Waals surface area contributed by atoms with E-state index in [2.05, 4.69) is 20.5 Å². The Balaban J connectivity index is 1.49. The topological polar surface area (TPSA) is 67.2 Å². The van der Waals surface area contributed by atoms with Gasteiger partial charge in [-0.15, -0.1) is 0 Å². The van der Waals surface area contributed by atoms with Crippen molar-refractivity contribution in [2.75, 3.05) is 11.9 Å². The molecule has 158 valence electrons. The number of aliphatic imine (C=N–C) groups is 1. The summed E-state index contributed by atoms with van der Waals surface area (Å²) in [5.74, 6) is -0.250. The average molecular weight is 441 g/mol. The summed E-state index contributed by atoms with van der Waals surface area (Å²) in [4.78, 5) is 17.7. The van der Waals surface area contributed by atoms with E-state index in [1.165, 1.54) is 0 Å². The molecule has 0 atom stereocenters. The fourth-order valence-corrected chi connectivity index (χ4v) is 3.33. The largest absolute Gasteiger partial charge is 0.321 e. The van der Waals surface area contributed by atoms with Gasteiger partial charge < -0.3 is 5.32 Å². The number of aromatic nitrogens is 2. The molecule has 0 aliphatic rings. The van der Waals surface area contributed by atoms with Gasteiger partial charge in [-0.2, -0.15) is 10.2 Å². The van der Waals surface area contributed by atoms with Crippen molar-refractivity contribution in [3.05, 3.63) is 113 Å². The van der Waals surface area contributed by atoms with Crippen LogP contribution in [0.5, 0.6) is 0 Å². The number of amides is 1. The standard InChI is InChI=1S/C26H21ClN4O/c27-22-12-8-19(9-13-22)16-18-28-25(21-5-2-1-3-6-21)26(32)30-23-14-10-20(11-15-23)24-7-4-17-29-31-24/h1-15,17H,16,18H2,(H,30,32)/b28-25+. The van der Waals surface area contributed by atoms with Crippen LogP contribution in [0.15, 0.2) is 102 Å². The highest BCUT2D eigenvalue weighted by molar-refractivity contribution is 6.48. The van der Waals surface area contributed by atoms with Crippen molar-refractivity contribution in [2.24, 2.45) is 4.99 Å². The van der Waals surface area contributed by atoms with Crippen LogP contribution in [0, 0.1) is 0 Å². The maximum absolute atomic E-state index is 13.1. The first kappa shape index (κ1) is 21.4. The second-order valence-corrected chi connectivity index (χ2v) is 7.55. The predicted octanol–water partition coefficient (Wildman–Crippen LogP) is 5.47. The Labute approximate surface area is 191 Å². The molecule has 0 fully saturated rings. The molecule has 5 nitrogen and oxygen atoms in total. The van der Waals surface area contributed by atoms with Gasteiger partial charge in [0.05, 0.1) is 5.69 Å². The van der Waals surface area contributed by atoms with Crippen LogP contribution in [0.25, 0.3) is 11.3 Å². The Morgan fingerprint density at radius 2 is 1.62 bits per heavy atom. The molecule has 0 saturated carbocycles. The lowest BCUT2D eigenvalue weighted by Gasteiger charge is -2.10. The summed E-state index contributed by atoms with van der Waals surface area (Å²) in [7, 11) is 0. The van der Waals surface area contributed by atoms with Crippen molar-refractivity contribution >= 4 is 28.9 Å². The molecular formula is C26H21ClN4O. The lowest BCUT2D eigenvalue weighted by molar-refractivity contribution is -0.110. The first-order valence-corrected chi connectivity index (χ1v) is 10.6. The van der Waals surface area contributed by atoms with E-state index in [0.29, 0.717) is 29.4 Å². The van der Waals surface area contributed by atoms with Crippen LogP contribution >= 0.6 is 11.6 Å². The van der Waals surface area contributed by atoms with E-state index in [4.69, 9.17) is 11.6 Å². The van der Waals surface area contributed by atoms with Gasteiger partial charge in [-0.25, -0.2) is 0 Å². The van der Waals surface area contributed by atoms with Crippen LogP contribution in [0.4, 0.5) is 5.69 Å². The fraction of sp³-hybridized carbons (Fsp3) is 0.0769. The maximum atomic E-state index is 13.1. The molecule has 0 aliphatic carbocycles. The zero-order valence-corrected chi connectivity index (χ0v) is 18.0. The molecule has 0 saturated heterocycles. The summed E-state index contributed by atoms with van der Waals surface area (Å²) in [5, 5.41) is 11.7. The lowest BCUT2D eigenvalue weighted by atomic mass is 10.1. The van der Waals surface area contributed by atoms with Crippen LogP contribution < -0.4 is 5.32 Å². The third kappa shape index (κ3) is 5.65. The average Bonchev–Trinajstić information content (AvgIpc) is 2.84. The number of hydrogen-bond acceptors (Lipinski definition) is 4. The number of rotatable bonds is 7. The summed E-state index contributed by atoms with van der Waals surface area (Å²) in [6.07, 6.45) is 2.35. The van der Waals surface area contributed by atoms with Crippen LogP contribution in [0.3, 0.4) is 0 Å². The lowest BCUT2D eigenvalue weighted by Crippen LogP contribution is -2.24. The monoisotopic (exact) mass is 440 g/mol. The number of carbonyl (C=O) groups is 1. The van der Waals surface area contributed by atoms with Gasteiger partial charge >= 0.3 is 0 Å². The molecular weight excluding hydrogens is 420 g/mol. The normalized spacial score (nSPS) is 11.2. The van der Waals surface area contributed by atoms with Gasteiger partial charge in [-0.05, 0) is 48.4 Å². The highest BCUT2D eigenvalue weighted by Crippen LogP contribution is 2.19. The van der Waals surface area contributed by atoms with E-state index >= 15 is 0 Å². The van der Waals surface area contributed by atoms with E-state index in [1.807, 2.05) is 91.0 Å². The molecule has 1 N–H and O–H groups in total. The Hall–Kier alpha value is -3.83. The minimum atomic E-state index is -0.250. The minimum absolute atomic E-state index is 0.250. The van der Waals surface area contributed by atoms with Gasteiger partial charge in [-0.3, -0.25) is 9.79 Å². The van der Waals surface area contributed by atoms with Crippen molar-refractivity contribution in [2.45, 2.75) is 6.42 Å². The van der Waals surface area contributed by atoms with Crippen molar-refractivity contribution in [3.8, 4) is 11.3 Å². The summed E-state index contributed by atoms with van der Waals surface area (Å²) in [5.41, 5.74) is 4.68. The molecule has 4 aromatic rings. The van der Waals surface area contributed by atoms with Crippen molar-refractivity contribution in [1.82, 2.24) is 10.2 Å². The van der Waals surface area contributed by atoms with Crippen molar-refractivity contribution < 1.29 is 4.79 Å². The quantitative estimate of drug-likeness (QED) is 0.387. The Morgan fingerprint density at radius 3 is 2.31 bits per heavy atom. The summed E-state index contributed by atoms with van der Waals surface area (Å²) >= 11 is 5.95. The summed E-state index contributed by atoms with van der Waals surface area (Å²) < 4.78 is 0. The zero-order chi connectivity index (χ0) is 22.2. The second kappa shape index (κ2) is 10.5. The second-order valence-electron chi connectivity index (χ2n) is 7.11. The van der Waals surface area contributed by atoms with Gasteiger partial charge in [-0.1, -0.05) is 66.2 Å². The van der Waals surface area contributed by atoms with Gasteiger partial charge in [0.2, 0.25) is 0 Å². The van der Waals surface area contributed by atoms with E-state index in [1.54, 1.807) is 6.20 Å². The maximum Gasteiger partial charge on any atom is 0.274 e. The number of benzene rings is 3. The number of halogens is 1. The van der Waals surface area contributed by atoms with Gasteiger partial charge in [0.25, 0.3) is 5.91 Å². The van der Waals surface area contributed by atoms with Gasteiger partial charge in [0, 0.05) is 34.6 Å². The summed E-state index contributed by atoms with van der Waals surface area (Å²) in [6.45, 7) is 0.491. The first-order chi connectivity index (χ1) is 15.7. The van der Waals surface area contributed by atoms with E-state index < -0.39 is 0 Å². The molecule has 6 heteroatoms. The van der Waals surface area contributed by atoms with Gasteiger partial charge in [0.15, 0.2) is 0 Å². The molecule has 1 heterocycles. The van der Waals surface area contributed by atoms with Crippen molar-refractivity contribution in [1.29, 1.82) is 0 Å². The molecule has 3 aromatic carbocycles. The van der Waals surface area contributed by atoms with Crippen LogP contribution in [0.2, 0.25) is 5.02 Å². The molecule has 32 heavy (non-hydrogen) atoms. The molecule has 0 bridgehead atoms. The van der Waals surface area contributed by atoms with Crippen LogP contribution in [-0.4, -0.2) is 28.4 Å². The summed E-state index contributed by atoms with van der Waals surface area (Å²) in [6, 6.07) is 28.4. The first-order valence-electron chi connectivity index (χ1n) is 10.2. The molecule has 1 aromatic heterocycles. The molecule has 0 spiro atoms. The fourth-order valence-electron chi connectivity index (χ4n) is 3.21. The highest BCUT2D eigenvalue weighted by atomic mass is 35.5. The van der Waals surface area contributed by atoms with E-state index in [-0.39, 0.29) is 5.91 Å². The number of hydrogen-bond donors (Lipinski definition) is 1. The zero-order valence-electron chi connectivity index (χ0n) is 17.3. The number of anilines is 1. The third-order valence-corrected chi connectivity index (χ3v) is 5.11. The Kier molecular flexibility index (Phi) is 7.00. The minimum Gasteiger partial charge on any atom is -0.321 e. The number of nitrogens with zero attached hydrogens (tertiary/aromatic N) is 3. The third-order valence-electron chi connectivity index (χ3n) is 4.86. The van der Waals surface area contributed by atoms with Crippen LogP contribution in [-0.2, 0) is 11.2 Å². The van der Waals surface area contributed by atoms with Crippen LogP contribution in [0.1, 0.15) is 11.1 Å². The molecule has 0 aliphatic heterocycles. The molecule has 0 radical (unpaired) electrons. The highest BCUT2D eigenvalue weighted by Gasteiger charge is 2.14. The predicted molar refractivity (Wildman–Crippen MR) is 129 cm³/mol. The SMILES string of the molecule is O=C(Nc1ccc(-c2cccnn2)cc1)/C(=N/CCc1ccc(Cl)cc1)c1ccccc1. The van der Waals surface area contributed by atoms with Gasteiger partial charge in [0.1, 0.15) is 5.71 Å². The Morgan fingerprint density at radius 1 is 0.875 bits per heavy atom. The smallest absolute Gasteiger partial charge is 0.274 e. The van der Waals surface area contributed by atoms with E-state index in [0.717, 1.165) is 22.4 Å². The molecule has 1 amide bonds. The number of carbonyl (C=O) groups excluding carboxylic acids is 1. The molecule has 0 unspecified atom stereocenters.